The van der Waals surface area contributed by atoms with Crippen molar-refractivity contribution in [3.63, 3.8) is 0 Å². The lowest BCUT2D eigenvalue weighted by molar-refractivity contribution is 0.503. The van der Waals surface area contributed by atoms with Crippen LogP contribution in [0, 0.1) is 11.7 Å². The number of aromatic amines is 1. The molecule has 4 heterocycles. The molecule has 2 aliphatic carbocycles. The standard InChI is InChI=1S/C34H34FN7O/c35-30-12-25-18-39-20-40-33(34-41-31-13-26(36)5-6-27(32(31)42-34)23-8-10-43-19-23)29(25)14-28(30)24-11-22(7-9-37-17-24)16-38-15-21-3-1-2-4-21/h5-12,14,17,19-21,37-38H,1-4,13,15-16,18,36H2,(H,41,42). The summed E-state index contributed by atoms with van der Waals surface area (Å²) in [4.78, 5) is 17.6. The summed E-state index contributed by atoms with van der Waals surface area (Å²) in [5.41, 5.74) is 14.9. The molecule has 43 heavy (non-hydrogen) atoms. The summed E-state index contributed by atoms with van der Waals surface area (Å²) in [6, 6.07) is 5.33. The summed E-state index contributed by atoms with van der Waals surface area (Å²) in [6.07, 6.45) is 22.3. The van der Waals surface area contributed by atoms with Crippen LogP contribution in [0.5, 0.6) is 0 Å². The number of aromatic nitrogens is 2. The van der Waals surface area contributed by atoms with Gasteiger partial charge in [0.15, 0.2) is 5.82 Å². The van der Waals surface area contributed by atoms with Gasteiger partial charge in [-0.15, -0.1) is 0 Å². The summed E-state index contributed by atoms with van der Waals surface area (Å²) in [7, 11) is 0. The monoisotopic (exact) mass is 575 g/mol. The molecule has 0 atom stereocenters. The highest BCUT2D eigenvalue weighted by atomic mass is 19.1. The Labute approximate surface area is 249 Å². The molecule has 1 aromatic carbocycles. The van der Waals surface area contributed by atoms with E-state index >= 15 is 4.39 Å². The van der Waals surface area contributed by atoms with E-state index in [0.717, 1.165) is 63.8 Å². The number of nitrogens with two attached hydrogens (primary N) is 1. The van der Waals surface area contributed by atoms with Crippen LogP contribution in [0.15, 0.2) is 93.1 Å². The largest absolute Gasteiger partial charge is 0.472 e. The highest BCUT2D eigenvalue weighted by molar-refractivity contribution is 6.15. The number of H-pyrrole nitrogens is 1. The Kier molecular flexibility index (Phi) is 7.47. The van der Waals surface area contributed by atoms with Gasteiger partial charge in [0, 0.05) is 64.6 Å². The Morgan fingerprint density at radius 3 is 2.91 bits per heavy atom. The molecule has 7 rings (SSSR count). The molecule has 0 radical (unpaired) electrons. The van der Waals surface area contributed by atoms with Crippen molar-refractivity contribution < 1.29 is 8.81 Å². The van der Waals surface area contributed by atoms with E-state index in [1.54, 1.807) is 18.6 Å². The average Bonchev–Trinajstić information content (AvgIpc) is 3.72. The molecule has 0 spiro atoms. The number of nitrogens with one attached hydrogen (secondary N) is 3. The minimum Gasteiger partial charge on any atom is -0.472 e. The number of rotatable bonds is 7. The number of furan rings is 1. The maximum Gasteiger partial charge on any atom is 0.157 e. The van der Waals surface area contributed by atoms with Crippen molar-refractivity contribution in [1.82, 2.24) is 20.6 Å². The Morgan fingerprint density at radius 2 is 2.05 bits per heavy atom. The molecule has 4 aliphatic rings. The molecule has 3 aromatic rings. The number of hydrogen-bond donors (Lipinski definition) is 4. The minimum atomic E-state index is -0.307. The van der Waals surface area contributed by atoms with Crippen LogP contribution in [-0.2, 0) is 13.0 Å². The Morgan fingerprint density at radius 1 is 1.14 bits per heavy atom. The number of halogens is 1. The molecule has 9 heteroatoms. The predicted molar refractivity (Wildman–Crippen MR) is 168 cm³/mol. The molecule has 1 fully saturated rings. The van der Waals surface area contributed by atoms with Gasteiger partial charge in [-0.3, -0.25) is 4.99 Å². The van der Waals surface area contributed by atoms with Gasteiger partial charge >= 0.3 is 0 Å². The zero-order valence-corrected chi connectivity index (χ0v) is 23.9. The maximum absolute atomic E-state index is 15.7. The fraction of sp³-hybridized carbons (Fsp3) is 0.265. The number of fused-ring (bicyclic) bond motifs is 2. The molecule has 0 unspecified atom stereocenters. The smallest absolute Gasteiger partial charge is 0.157 e. The van der Waals surface area contributed by atoms with E-state index in [0.29, 0.717) is 35.8 Å². The van der Waals surface area contributed by atoms with Crippen molar-refractivity contribution in [2.45, 2.75) is 38.6 Å². The van der Waals surface area contributed by atoms with Crippen LogP contribution in [0.4, 0.5) is 4.39 Å². The molecule has 218 valence electrons. The zero-order chi connectivity index (χ0) is 29.2. The highest BCUT2D eigenvalue weighted by Crippen LogP contribution is 2.32. The van der Waals surface area contributed by atoms with Crippen molar-refractivity contribution in [3.05, 3.63) is 124 Å². The number of allylic oxidation sites excluding steroid dienone is 5. The summed E-state index contributed by atoms with van der Waals surface area (Å²) in [5.74, 6) is 1.02. The van der Waals surface area contributed by atoms with Crippen molar-refractivity contribution in [1.29, 1.82) is 0 Å². The molecule has 0 amide bonds. The third-order valence-corrected chi connectivity index (χ3v) is 8.43. The lowest BCUT2D eigenvalue weighted by Crippen LogP contribution is -2.23. The van der Waals surface area contributed by atoms with E-state index < -0.39 is 0 Å². The molecule has 0 bridgehead atoms. The van der Waals surface area contributed by atoms with Crippen LogP contribution in [0.1, 0.15) is 65.1 Å². The van der Waals surface area contributed by atoms with Crippen LogP contribution >= 0.6 is 0 Å². The number of nitrogens with zero attached hydrogens (tertiary/aromatic N) is 3. The molecule has 5 N–H and O–H groups in total. The predicted octanol–water partition coefficient (Wildman–Crippen LogP) is 5.52. The normalized spacial score (nSPS) is 18.3. The fourth-order valence-electron chi connectivity index (χ4n) is 6.22. The highest BCUT2D eigenvalue weighted by Gasteiger charge is 2.25. The first kappa shape index (κ1) is 27.1. The van der Waals surface area contributed by atoms with Crippen LogP contribution < -0.4 is 16.4 Å². The number of imidazole rings is 1. The molecule has 2 aromatic heterocycles. The molecule has 1 saturated carbocycles. The second-order valence-electron chi connectivity index (χ2n) is 11.4. The molecule has 2 aliphatic heterocycles. The third-order valence-electron chi connectivity index (χ3n) is 8.43. The quantitative estimate of drug-likeness (QED) is 0.296. The summed E-state index contributed by atoms with van der Waals surface area (Å²) in [5, 5.41) is 6.79. The SMILES string of the molecule is NC1=CC=C(c2ccoc2)c2nc(C3=NC=NCc4cc(F)c(C5=CNC=CC(CNCC6CCCC6)=C5)cc43)[nH]c2C1. The van der Waals surface area contributed by atoms with Gasteiger partial charge in [-0.2, -0.15) is 0 Å². The summed E-state index contributed by atoms with van der Waals surface area (Å²) in [6.45, 7) is 2.05. The van der Waals surface area contributed by atoms with Gasteiger partial charge < -0.3 is 25.8 Å². The van der Waals surface area contributed by atoms with Gasteiger partial charge in [-0.05, 0) is 72.9 Å². The van der Waals surface area contributed by atoms with E-state index in [9.17, 15) is 0 Å². The Balaban J connectivity index is 1.22. The van der Waals surface area contributed by atoms with Gasteiger partial charge in [-0.25, -0.2) is 14.4 Å². The van der Waals surface area contributed by atoms with E-state index in [1.165, 1.54) is 32.0 Å². The van der Waals surface area contributed by atoms with Gasteiger partial charge in [-0.1, -0.05) is 18.9 Å². The molecular weight excluding hydrogens is 541 g/mol. The Hall–Kier alpha value is -4.76. The first-order valence-electron chi connectivity index (χ1n) is 14.8. The third kappa shape index (κ3) is 5.68. The van der Waals surface area contributed by atoms with Crippen LogP contribution in [0.2, 0.25) is 0 Å². The number of aliphatic imine (C=N–C) groups is 2. The fourth-order valence-corrected chi connectivity index (χ4v) is 6.22. The van der Waals surface area contributed by atoms with E-state index in [1.807, 2.05) is 48.8 Å². The van der Waals surface area contributed by atoms with Crippen molar-refractivity contribution >= 4 is 23.2 Å². The zero-order valence-electron chi connectivity index (χ0n) is 23.9. The summed E-state index contributed by atoms with van der Waals surface area (Å²) < 4.78 is 21.1. The second-order valence-corrected chi connectivity index (χ2v) is 11.4. The van der Waals surface area contributed by atoms with E-state index in [4.69, 9.17) is 15.1 Å². The Bertz CT molecular complexity index is 1740. The first-order valence-corrected chi connectivity index (χ1v) is 14.8. The second kappa shape index (κ2) is 11.9. The van der Waals surface area contributed by atoms with Crippen molar-refractivity contribution in [2.75, 3.05) is 13.1 Å². The number of hydrogen-bond acceptors (Lipinski definition) is 7. The topological polar surface area (TPSA) is 117 Å². The summed E-state index contributed by atoms with van der Waals surface area (Å²) >= 11 is 0. The van der Waals surface area contributed by atoms with Crippen LogP contribution in [0.25, 0.3) is 11.1 Å². The van der Waals surface area contributed by atoms with Gasteiger partial charge in [0.2, 0.25) is 0 Å². The number of benzene rings is 1. The molecule has 0 saturated heterocycles. The lowest BCUT2D eigenvalue weighted by atomic mass is 9.94. The lowest BCUT2D eigenvalue weighted by Gasteiger charge is -2.14. The van der Waals surface area contributed by atoms with Gasteiger partial charge in [0.05, 0.1) is 24.8 Å². The maximum atomic E-state index is 15.7. The van der Waals surface area contributed by atoms with E-state index in [2.05, 4.69) is 25.6 Å². The van der Waals surface area contributed by atoms with Crippen molar-refractivity contribution in [3.8, 4) is 0 Å². The first-order chi connectivity index (χ1) is 21.1. The van der Waals surface area contributed by atoms with Crippen LogP contribution in [-0.4, -0.2) is 35.1 Å². The van der Waals surface area contributed by atoms with Gasteiger partial charge in [0.1, 0.15) is 17.9 Å². The van der Waals surface area contributed by atoms with Crippen molar-refractivity contribution in [2.24, 2.45) is 21.6 Å². The average molecular weight is 576 g/mol. The molecule has 8 nitrogen and oxygen atoms in total. The van der Waals surface area contributed by atoms with E-state index in [-0.39, 0.29) is 5.82 Å². The van der Waals surface area contributed by atoms with Crippen LogP contribution in [0.3, 0.4) is 0 Å². The van der Waals surface area contributed by atoms with Gasteiger partial charge in [0.25, 0.3) is 0 Å². The molecular formula is C34H34FN7O. The minimum absolute atomic E-state index is 0.307.